The van der Waals surface area contributed by atoms with Gasteiger partial charge < -0.3 is 20.4 Å². The van der Waals surface area contributed by atoms with E-state index >= 15 is 0 Å². The van der Waals surface area contributed by atoms with E-state index in [1.54, 1.807) is 35.4 Å². The van der Waals surface area contributed by atoms with Crippen molar-refractivity contribution < 1.29 is 14.4 Å². The molecule has 9 nitrogen and oxygen atoms in total. The van der Waals surface area contributed by atoms with Gasteiger partial charge >= 0.3 is 0 Å². The number of hydrogen-bond acceptors (Lipinski definition) is 6. The highest BCUT2D eigenvalue weighted by molar-refractivity contribution is 6.03. The molecule has 1 aliphatic heterocycles. The summed E-state index contributed by atoms with van der Waals surface area (Å²) in [7, 11) is 0. The van der Waals surface area contributed by atoms with Crippen LogP contribution in [0.2, 0.25) is 0 Å². The van der Waals surface area contributed by atoms with Crippen molar-refractivity contribution in [1.82, 2.24) is 14.9 Å². The number of benzene rings is 1. The lowest BCUT2D eigenvalue weighted by atomic mass is 10.2. The van der Waals surface area contributed by atoms with Crippen LogP contribution < -0.4 is 15.5 Å². The minimum absolute atomic E-state index is 0.186. The number of anilines is 3. The molecule has 140 valence electrons. The van der Waals surface area contributed by atoms with Gasteiger partial charge in [0.25, 0.3) is 5.91 Å². The van der Waals surface area contributed by atoms with Gasteiger partial charge in [0.1, 0.15) is 11.5 Å². The average Bonchev–Trinajstić information content (AvgIpc) is 2.68. The number of amides is 3. The van der Waals surface area contributed by atoms with Crippen molar-refractivity contribution in [2.75, 3.05) is 41.7 Å². The number of nitrogens with one attached hydrogen (secondary N) is 2. The Morgan fingerprint density at radius 1 is 1.04 bits per heavy atom. The first-order valence-corrected chi connectivity index (χ1v) is 8.50. The maximum atomic E-state index is 12.4. The molecule has 0 radical (unpaired) electrons. The summed E-state index contributed by atoms with van der Waals surface area (Å²) in [5, 5.41) is 5.39. The Kier molecular flexibility index (Phi) is 5.60. The second kappa shape index (κ2) is 8.26. The van der Waals surface area contributed by atoms with Crippen LogP contribution in [0.15, 0.2) is 36.7 Å². The number of rotatable bonds is 5. The normalized spacial score (nSPS) is 13.8. The van der Waals surface area contributed by atoms with Gasteiger partial charge in [-0.05, 0) is 18.2 Å². The predicted octanol–water partition coefficient (Wildman–Crippen LogP) is 0.966. The number of aromatic nitrogens is 2. The van der Waals surface area contributed by atoms with Crippen molar-refractivity contribution in [1.29, 1.82) is 0 Å². The van der Waals surface area contributed by atoms with Crippen LogP contribution in [0.25, 0.3) is 0 Å². The predicted molar refractivity (Wildman–Crippen MR) is 101 cm³/mol. The molecule has 0 spiro atoms. The molecule has 1 fully saturated rings. The molecule has 1 aromatic heterocycles. The van der Waals surface area contributed by atoms with E-state index in [1.165, 1.54) is 13.1 Å². The van der Waals surface area contributed by atoms with Crippen molar-refractivity contribution in [2.45, 2.75) is 6.92 Å². The van der Waals surface area contributed by atoms with E-state index in [0.717, 1.165) is 6.41 Å². The highest BCUT2D eigenvalue weighted by Gasteiger charge is 2.17. The zero-order chi connectivity index (χ0) is 19.2. The lowest BCUT2D eigenvalue weighted by molar-refractivity contribution is -0.118. The Balaban J connectivity index is 1.62. The molecule has 27 heavy (non-hydrogen) atoms. The summed E-state index contributed by atoms with van der Waals surface area (Å²) in [4.78, 5) is 46.5. The van der Waals surface area contributed by atoms with E-state index < -0.39 is 0 Å². The Hall–Kier alpha value is -3.49. The van der Waals surface area contributed by atoms with Crippen molar-refractivity contribution in [3.63, 3.8) is 0 Å². The van der Waals surface area contributed by atoms with Gasteiger partial charge in [0.2, 0.25) is 12.3 Å². The summed E-state index contributed by atoms with van der Waals surface area (Å²) < 4.78 is 0. The highest BCUT2D eigenvalue weighted by atomic mass is 16.2. The number of piperazine rings is 1. The average molecular weight is 368 g/mol. The molecular formula is C18H20N6O3. The summed E-state index contributed by atoms with van der Waals surface area (Å²) >= 11 is 0. The molecule has 0 unspecified atom stereocenters. The van der Waals surface area contributed by atoms with Crippen LogP contribution >= 0.6 is 0 Å². The summed E-state index contributed by atoms with van der Waals surface area (Å²) in [5.74, 6) is 0.0958. The Morgan fingerprint density at radius 3 is 2.33 bits per heavy atom. The minimum Gasteiger partial charge on any atom is -0.352 e. The molecule has 1 saturated heterocycles. The fourth-order valence-corrected chi connectivity index (χ4v) is 2.73. The quantitative estimate of drug-likeness (QED) is 0.762. The smallest absolute Gasteiger partial charge is 0.275 e. The van der Waals surface area contributed by atoms with E-state index in [4.69, 9.17) is 0 Å². The number of hydrogen-bond donors (Lipinski definition) is 2. The highest BCUT2D eigenvalue weighted by Crippen LogP contribution is 2.16. The van der Waals surface area contributed by atoms with Crippen LogP contribution in [0.1, 0.15) is 17.4 Å². The fraction of sp³-hybridized carbons (Fsp3) is 0.278. The first-order valence-electron chi connectivity index (χ1n) is 8.50. The SMILES string of the molecule is CC(=O)Nc1cccc(NC(=O)c2cnc(N3CCN(C=O)CC3)cn2)c1. The molecule has 1 aliphatic rings. The molecule has 2 aromatic rings. The van der Waals surface area contributed by atoms with Gasteiger partial charge in [-0.25, -0.2) is 9.97 Å². The zero-order valence-corrected chi connectivity index (χ0v) is 14.9. The summed E-state index contributed by atoms with van der Waals surface area (Å²) in [6, 6.07) is 6.84. The van der Waals surface area contributed by atoms with Crippen LogP contribution in [0, 0.1) is 0 Å². The van der Waals surface area contributed by atoms with Crippen molar-refractivity contribution in [3.05, 3.63) is 42.4 Å². The number of carbonyl (C=O) groups is 3. The Labute approximate surface area is 156 Å². The maximum absolute atomic E-state index is 12.4. The molecule has 3 amide bonds. The van der Waals surface area contributed by atoms with E-state index in [1.807, 2.05) is 4.90 Å². The first kappa shape index (κ1) is 18.3. The van der Waals surface area contributed by atoms with Crippen LogP contribution in [0.3, 0.4) is 0 Å². The molecule has 0 atom stereocenters. The van der Waals surface area contributed by atoms with Gasteiger partial charge in [-0.2, -0.15) is 0 Å². The lowest BCUT2D eigenvalue weighted by Crippen LogP contribution is -2.46. The molecule has 0 aliphatic carbocycles. The maximum Gasteiger partial charge on any atom is 0.275 e. The molecule has 2 heterocycles. The fourth-order valence-electron chi connectivity index (χ4n) is 2.73. The van der Waals surface area contributed by atoms with Gasteiger partial charge in [0, 0.05) is 44.5 Å². The molecule has 1 aromatic carbocycles. The van der Waals surface area contributed by atoms with Gasteiger partial charge in [-0.15, -0.1) is 0 Å². The third-order valence-corrected chi connectivity index (χ3v) is 4.10. The summed E-state index contributed by atoms with van der Waals surface area (Å²) in [6.45, 7) is 4.04. The number of nitrogens with zero attached hydrogens (tertiary/aromatic N) is 4. The molecule has 0 saturated carbocycles. The third kappa shape index (κ3) is 4.78. The van der Waals surface area contributed by atoms with Gasteiger partial charge in [-0.1, -0.05) is 6.07 Å². The standard InChI is InChI=1S/C18H20N6O3/c1-13(26)21-14-3-2-4-15(9-14)22-18(27)16-10-20-17(11-19-16)24-7-5-23(12-25)6-8-24/h2-4,9-12H,5-8H2,1H3,(H,21,26)(H,22,27). The van der Waals surface area contributed by atoms with Gasteiger partial charge in [-0.3, -0.25) is 14.4 Å². The van der Waals surface area contributed by atoms with Gasteiger partial charge in [0.15, 0.2) is 0 Å². The van der Waals surface area contributed by atoms with E-state index in [-0.39, 0.29) is 17.5 Å². The largest absolute Gasteiger partial charge is 0.352 e. The van der Waals surface area contributed by atoms with E-state index in [2.05, 4.69) is 20.6 Å². The monoisotopic (exact) mass is 368 g/mol. The van der Waals surface area contributed by atoms with Crippen molar-refractivity contribution in [3.8, 4) is 0 Å². The molecule has 2 N–H and O–H groups in total. The topological polar surface area (TPSA) is 108 Å². The lowest BCUT2D eigenvalue weighted by Gasteiger charge is -2.33. The van der Waals surface area contributed by atoms with Crippen LogP contribution in [-0.4, -0.2) is 59.3 Å². The number of carbonyl (C=O) groups excluding carboxylic acids is 3. The first-order chi connectivity index (χ1) is 13.0. The Bertz CT molecular complexity index is 831. The van der Waals surface area contributed by atoms with Crippen LogP contribution in [0.4, 0.5) is 17.2 Å². The third-order valence-electron chi connectivity index (χ3n) is 4.10. The van der Waals surface area contributed by atoms with Gasteiger partial charge in [0.05, 0.1) is 12.4 Å². The molecule has 0 bridgehead atoms. The molecule has 9 heteroatoms. The summed E-state index contributed by atoms with van der Waals surface area (Å²) in [5.41, 5.74) is 1.33. The molecular weight excluding hydrogens is 348 g/mol. The van der Waals surface area contributed by atoms with E-state index in [9.17, 15) is 14.4 Å². The van der Waals surface area contributed by atoms with Crippen molar-refractivity contribution in [2.24, 2.45) is 0 Å². The second-order valence-electron chi connectivity index (χ2n) is 6.10. The second-order valence-corrected chi connectivity index (χ2v) is 6.10. The van der Waals surface area contributed by atoms with Crippen molar-refractivity contribution >= 4 is 35.4 Å². The van der Waals surface area contributed by atoms with Crippen LogP contribution in [-0.2, 0) is 9.59 Å². The minimum atomic E-state index is -0.389. The van der Waals surface area contributed by atoms with E-state index in [0.29, 0.717) is 43.4 Å². The zero-order valence-electron chi connectivity index (χ0n) is 14.9. The van der Waals surface area contributed by atoms with Crippen LogP contribution in [0.5, 0.6) is 0 Å². The Morgan fingerprint density at radius 2 is 1.74 bits per heavy atom. The molecule has 3 rings (SSSR count). The summed E-state index contributed by atoms with van der Waals surface area (Å²) in [6.07, 6.45) is 3.82.